The van der Waals surface area contributed by atoms with E-state index in [1.807, 2.05) is 27.7 Å². The SMILES string of the molecule is CCCC(NC(C)(C)C)C(=O)C(=O)N1CCCCC1. The van der Waals surface area contributed by atoms with Crippen molar-refractivity contribution in [1.82, 2.24) is 10.2 Å². The van der Waals surface area contributed by atoms with Gasteiger partial charge in [-0.2, -0.15) is 0 Å². The highest BCUT2D eigenvalue weighted by Crippen LogP contribution is 2.12. The van der Waals surface area contributed by atoms with E-state index in [1.165, 1.54) is 0 Å². The van der Waals surface area contributed by atoms with E-state index in [1.54, 1.807) is 4.90 Å². The maximum absolute atomic E-state index is 12.4. The molecule has 0 aromatic carbocycles. The number of rotatable bonds is 5. The van der Waals surface area contributed by atoms with Crippen LogP contribution in [0.3, 0.4) is 0 Å². The third-order valence-corrected chi connectivity index (χ3v) is 3.36. The van der Waals surface area contributed by atoms with Crippen molar-refractivity contribution < 1.29 is 9.59 Å². The van der Waals surface area contributed by atoms with E-state index in [2.05, 4.69) is 5.32 Å². The van der Waals surface area contributed by atoms with E-state index in [-0.39, 0.29) is 23.3 Å². The van der Waals surface area contributed by atoms with Gasteiger partial charge in [0.05, 0.1) is 6.04 Å². The Bertz CT molecular complexity index is 315. The molecule has 1 heterocycles. The van der Waals surface area contributed by atoms with Crippen molar-refractivity contribution in [2.24, 2.45) is 0 Å². The van der Waals surface area contributed by atoms with Gasteiger partial charge in [-0.25, -0.2) is 0 Å². The van der Waals surface area contributed by atoms with E-state index in [0.29, 0.717) is 0 Å². The van der Waals surface area contributed by atoms with Gasteiger partial charge in [0, 0.05) is 18.6 Å². The van der Waals surface area contributed by atoms with E-state index < -0.39 is 0 Å². The van der Waals surface area contributed by atoms with Gasteiger partial charge in [0.15, 0.2) is 0 Å². The molecule has 1 aliphatic heterocycles. The first kappa shape index (κ1) is 16.2. The fraction of sp³-hybridized carbons (Fsp3) is 0.867. The largest absolute Gasteiger partial charge is 0.336 e. The number of ketones is 1. The molecule has 19 heavy (non-hydrogen) atoms. The zero-order valence-electron chi connectivity index (χ0n) is 12.8. The summed E-state index contributed by atoms with van der Waals surface area (Å²) in [6, 6.07) is -0.348. The summed E-state index contributed by atoms with van der Waals surface area (Å²) in [6.07, 6.45) is 4.81. The molecule has 0 aromatic heterocycles. The number of amides is 1. The summed E-state index contributed by atoms with van der Waals surface area (Å²) in [7, 11) is 0. The van der Waals surface area contributed by atoms with Gasteiger partial charge in [-0.05, 0) is 46.5 Å². The minimum Gasteiger partial charge on any atom is -0.336 e. The molecule has 0 aromatic rings. The van der Waals surface area contributed by atoms with Crippen molar-refractivity contribution in [2.45, 2.75) is 71.4 Å². The van der Waals surface area contributed by atoms with Gasteiger partial charge in [0.1, 0.15) is 0 Å². The molecule has 1 fully saturated rings. The lowest BCUT2D eigenvalue weighted by Crippen LogP contribution is -2.53. The predicted octanol–water partition coefficient (Wildman–Crippen LogP) is 2.12. The predicted molar refractivity (Wildman–Crippen MR) is 77.0 cm³/mol. The Morgan fingerprint density at radius 2 is 1.74 bits per heavy atom. The number of nitrogens with one attached hydrogen (secondary N) is 1. The van der Waals surface area contributed by atoms with Gasteiger partial charge < -0.3 is 10.2 Å². The van der Waals surface area contributed by atoms with Crippen molar-refractivity contribution in [3.63, 3.8) is 0 Å². The molecule has 4 nitrogen and oxygen atoms in total. The molecule has 1 saturated heterocycles. The Morgan fingerprint density at radius 3 is 2.21 bits per heavy atom. The van der Waals surface area contributed by atoms with Gasteiger partial charge in [-0.15, -0.1) is 0 Å². The average Bonchev–Trinajstić information content (AvgIpc) is 2.36. The summed E-state index contributed by atoms with van der Waals surface area (Å²) in [5.41, 5.74) is -0.155. The zero-order chi connectivity index (χ0) is 14.5. The van der Waals surface area contributed by atoms with Crippen molar-refractivity contribution >= 4 is 11.7 Å². The fourth-order valence-corrected chi connectivity index (χ4v) is 2.48. The van der Waals surface area contributed by atoms with Crippen LogP contribution in [-0.2, 0) is 9.59 Å². The van der Waals surface area contributed by atoms with Gasteiger partial charge in [-0.3, -0.25) is 9.59 Å². The van der Waals surface area contributed by atoms with E-state index >= 15 is 0 Å². The lowest BCUT2D eigenvalue weighted by Gasteiger charge is -2.30. The highest BCUT2D eigenvalue weighted by Gasteiger charge is 2.31. The van der Waals surface area contributed by atoms with Crippen LogP contribution in [0.2, 0.25) is 0 Å². The number of piperidine rings is 1. The standard InChI is InChI=1S/C15H28N2O2/c1-5-9-12(16-15(2,3)4)13(18)14(19)17-10-7-6-8-11-17/h12,16H,5-11H2,1-4H3. The molecule has 1 unspecified atom stereocenters. The topological polar surface area (TPSA) is 49.4 Å². The zero-order valence-corrected chi connectivity index (χ0v) is 12.8. The molecule has 0 saturated carbocycles. The number of hydrogen-bond acceptors (Lipinski definition) is 3. The fourth-order valence-electron chi connectivity index (χ4n) is 2.48. The summed E-state index contributed by atoms with van der Waals surface area (Å²) in [6.45, 7) is 9.57. The Kier molecular flexibility index (Phi) is 5.98. The summed E-state index contributed by atoms with van der Waals surface area (Å²) in [5, 5.41) is 3.28. The first-order valence-corrected chi connectivity index (χ1v) is 7.46. The third-order valence-electron chi connectivity index (χ3n) is 3.36. The van der Waals surface area contributed by atoms with E-state index in [0.717, 1.165) is 45.2 Å². The first-order chi connectivity index (χ1) is 8.85. The molecular weight excluding hydrogens is 240 g/mol. The average molecular weight is 268 g/mol. The van der Waals surface area contributed by atoms with Crippen LogP contribution in [0.15, 0.2) is 0 Å². The van der Waals surface area contributed by atoms with Gasteiger partial charge >= 0.3 is 0 Å². The second-order valence-corrected chi connectivity index (χ2v) is 6.45. The second kappa shape index (κ2) is 7.04. The summed E-state index contributed by atoms with van der Waals surface area (Å²) < 4.78 is 0. The molecule has 110 valence electrons. The maximum Gasteiger partial charge on any atom is 0.291 e. The number of Topliss-reactive ketones (excluding diaryl/α,β-unsaturated/α-hetero) is 1. The minimum atomic E-state index is -0.348. The van der Waals surface area contributed by atoms with E-state index in [9.17, 15) is 9.59 Å². The van der Waals surface area contributed by atoms with Crippen LogP contribution < -0.4 is 5.32 Å². The van der Waals surface area contributed by atoms with E-state index in [4.69, 9.17) is 0 Å². The second-order valence-electron chi connectivity index (χ2n) is 6.45. The highest BCUT2D eigenvalue weighted by molar-refractivity contribution is 6.38. The lowest BCUT2D eigenvalue weighted by molar-refractivity contribution is -0.146. The molecule has 1 N–H and O–H groups in total. The van der Waals surface area contributed by atoms with Crippen LogP contribution in [-0.4, -0.2) is 41.3 Å². The summed E-state index contributed by atoms with van der Waals surface area (Å²) in [4.78, 5) is 26.3. The number of carbonyl (C=O) groups excluding carboxylic acids is 2. The van der Waals surface area contributed by atoms with Crippen LogP contribution in [0.5, 0.6) is 0 Å². The molecule has 0 aliphatic carbocycles. The Morgan fingerprint density at radius 1 is 1.16 bits per heavy atom. The molecule has 1 amide bonds. The Labute approximate surface area is 116 Å². The van der Waals surface area contributed by atoms with Crippen molar-refractivity contribution in [3.05, 3.63) is 0 Å². The normalized spacial score (nSPS) is 18.2. The van der Waals surface area contributed by atoms with Crippen LogP contribution in [0, 0.1) is 0 Å². The summed E-state index contributed by atoms with van der Waals surface area (Å²) in [5.74, 6) is -0.562. The molecule has 0 spiro atoms. The molecule has 0 radical (unpaired) electrons. The quantitative estimate of drug-likeness (QED) is 0.777. The van der Waals surface area contributed by atoms with Crippen LogP contribution in [0.4, 0.5) is 0 Å². The Balaban J connectivity index is 2.66. The maximum atomic E-state index is 12.4. The number of carbonyl (C=O) groups is 2. The smallest absolute Gasteiger partial charge is 0.291 e. The van der Waals surface area contributed by atoms with Crippen LogP contribution in [0.1, 0.15) is 59.8 Å². The molecular formula is C15H28N2O2. The highest BCUT2D eigenvalue weighted by atomic mass is 16.2. The van der Waals surface area contributed by atoms with Gasteiger partial charge in [0.25, 0.3) is 5.91 Å². The van der Waals surface area contributed by atoms with Crippen molar-refractivity contribution in [3.8, 4) is 0 Å². The van der Waals surface area contributed by atoms with Crippen molar-refractivity contribution in [2.75, 3.05) is 13.1 Å². The molecule has 1 atom stereocenters. The van der Waals surface area contributed by atoms with Crippen LogP contribution >= 0.6 is 0 Å². The molecule has 1 rings (SSSR count). The van der Waals surface area contributed by atoms with Gasteiger partial charge in [-0.1, -0.05) is 13.3 Å². The summed E-state index contributed by atoms with van der Waals surface area (Å²) >= 11 is 0. The molecule has 1 aliphatic rings. The lowest BCUT2D eigenvalue weighted by atomic mass is 10.00. The molecule has 4 heteroatoms. The first-order valence-electron chi connectivity index (χ1n) is 7.46. The van der Waals surface area contributed by atoms with Crippen LogP contribution in [0.25, 0.3) is 0 Å². The number of hydrogen-bond donors (Lipinski definition) is 1. The van der Waals surface area contributed by atoms with Gasteiger partial charge in [0.2, 0.25) is 5.78 Å². The third kappa shape index (κ3) is 5.31. The number of nitrogens with zero attached hydrogens (tertiary/aromatic N) is 1. The monoisotopic (exact) mass is 268 g/mol. The molecule has 0 bridgehead atoms. The van der Waals surface area contributed by atoms with Crippen molar-refractivity contribution in [1.29, 1.82) is 0 Å². The minimum absolute atomic E-state index is 0.155. The number of likely N-dealkylation sites (tertiary alicyclic amines) is 1. The Hall–Kier alpha value is -0.900.